The quantitative estimate of drug-likeness (QED) is 0.432. The third-order valence-electron chi connectivity index (χ3n) is 0. The summed E-state index contributed by atoms with van der Waals surface area (Å²) in [7, 11) is 0. The number of nitriles is 1. The number of rotatable bonds is 0. The summed E-state index contributed by atoms with van der Waals surface area (Å²) in [5.41, 5.74) is 0. The largest absolute Gasteiger partial charge is 0.443 e. The minimum Gasteiger partial charge on any atom is -0.443 e. The summed E-state index contributed by atoms with van der Waals surface area (Å²) >= 11 is 0. The van der Waals surface area contributed by atoms with Gasteiger partial charge in [-0.25, -0.2) is 0 Å². The summed E-state index contributed by atoms with van der Waals surface area (Å²) in [4.78, 5) is 0. The summed E-state index contributed by atoms with van der Waals surface area (Å²) in [6.45, 7) is 0. The minimum atomic E-state index is 0. The van der Waals surface area contributed by atoms with E-state index in [4.69, 9.17) is 10.4 Å². The van der Waals surface area contributed by atoms with Gasteiger partial charge in [0.05, 0.1) is 0 Å². The second kappa shape index (κ2) is 14.2. The predicted octanol–water partition coefficient (Wildman–Crippen LogP) is -0.163. The van der Waals surface area contributed by atoms with Gasteiger partial charge in [-0.2, -0.15) is 5.26 Å². The average molecular weight is 102 g/mol. The van der Waals surface area contributed by atoms with E-state index in [9.17, 15) is 0 Å². The molecular formula is CHCoNO. The monoisotopic (exact) mass is 102 g/mol. The second-order valence-corrected chi connectivity index (χ2v) is 0.100. The maximum absolute atomic E-state index is 6.88. The van der Waals surface area contributed by atoms with Crippen LogP contribution in [0.25, 0.3) is 0 Å². The number of hydrogen-bond donors (Lipinski definition) is 1. The van der Waals surface area contributed by atoms with Crippen molar-refractivity contribution in [3.63, 3.8) is 0 Å². The Labute approximate surface area is 34.2 Å². The Bertz CT molecular complexity index is 29.5. The van der Waals surface area contributed by atoms with Gasteiger partial charge in [0.2, 0.25) is 0 Å². The summed E-state index contributed by atoms with van der Waals surface area (Å²) in [6, 6.07) is 0. The van der Waals surface area contributed by atoms with Crippen molar-refractivity contribution in [3.05, 3.63) is 0 Å². The molecule has 1 radical (unpaired) electrons. The van der Waals surface area contributed by atoms with E-state index in [1.165, 1.54) is 0 Å². The van der Waals surface area contributed by atoms with Crippen molar-refractivity contribution in [2.24, 2.45) is 0 Å². The molecule has 0 heterocycles. The molecule has 0 saturated carbocycles. The van der Waals surface area contributed by atoms with Crippen LogP contribution >= 0.6 is 0 Å². The molecular weight excluding hydrogens is 101 g/mol. The number of aliphatic hydroxyl groups is 1. The number of nitrogens with zero attached hydrogens (tertiary/aromatic N) is 1. The van der Waals surface area contributed by atoms with Crippen molar-refractivity contribution in [1.29, 1.82) is 5.26 Å². The Morgan fingerprint density at radius 3 is 1.75 bits per heavy atom. The third kappa shape index (κ3) is 27.5. The normalized spacial score (nSPS) is 1.75. The molecule has 0 saturated heterocycles. The molecule has 0 aromatic heterocycles. The molecule has 0 spiro atoms. The molecule has 25 valence electrons. The molecule has 0 rings (SSSR count). The second-order valence-electron chi connectivity index (χ2n) is 0.100. The first-order valence-corrected chi connectivity index (χ1v) is 0.447. The van der Waals surface area contributed by atoms with E-state index < -0.39 is 0 Å². The average Bonchev–Trinajstić information content (AvgIpc) is 0.918. The van der Waals surface area contributed by atoms with Crippen molar-refractivity contribution in [3.8, 4) is 6.26 Å². The van der Waals surface area contributed by atoms with Crippen LogP contribution in [0.1, 0.15) is 0 Å². The molecule has 0 aromatic carbocycles. The summed E-state index contributed by atoms with van der Waals surface area (Å²) in [6.07, 6.45) is 0.750. The van der Waals surface area contributed by atoms with Crippen LogP contribution in [0, 0.1) is 11.5 Å². The van der Waals surface area contributed by atoms with E-state index >= 15 is 0 Å². The van der Waals surface area contributed by atoms with E-state index in [1.807, 2.05) is 0 Å². The van der Waals surface area contributed by atoms with Crippen molar-refractivity contribution in [2.45, 2.75) is 0 Å². The van der Waals surface area contributed by atoms with Crippen molar-refractivity contribution < 1.29 is 21.9 Å². The maximum Gasteiger partial charge on any atom is 0.283 e. The van der Waals surface area contributed by atoms with Crippen molar-refractivity contribution >= 4 is 0 Å². The topological polar surface area (TPSA) is 44.0 Å². The van der Waals surface area contributed by atoms with Crippen LogP contribution in [0.3, 0.4) is 0 Å². The number of aliphatic hydroxyl groups excluding tert-OH is 1. The Hall–Kier alpha value is -0.204. The smallest absolute Gasteiger partial charge is 0.283 e. The zero-order valence-corrected chi connectivity index (χ0v) is 2.77. The van der Waals surface area contributed by atoms with Gasteiger partial charge >= 0.3 is 0 Å². The SMILES string of the molecule is N#CO.[Co]. The summed E-state index contributed by atoms with van der Waals surface area (Å²) in [5, 5.41) is 13.8. The molecule has 2 nitrogen and oxygen atoms in total. The van der Waals surface area contributed by atoms with Crippen molar-refractivity contribution in [2.75, 3.05) is 0 Å². The maximum atomic E-state index is 6.88. The molecule has 0 unspecified atom stereocenters. The van der Waals surface area contributed by atoms with E-state index in [1.54, 1.807) is 0 Å². The van der Waals surface area contributed by atoms with Gasteiger partial charge in [-0.3, -0.25) is 0 Å². The van der Waals surface area contributed by atoms with E-state index in [0.717, 1.165) is 6.26 Å². The minimum absolute atomic E-state index is 0. The van der Waals surface area contributed by atoms with E-state index in [-0.39, 0.29) is 16.8 Å². The Balaban J connectivity index is 0. The fourth-order valence-corrected chi connectivity index (χ4v) is 0. The number of hydrogen-bond acceptors (Lipinski definition) is 2. The summed E-state index contributed by atoms with van der Waals surface area (Å²) in [5.74, 6) is 0. The first-order chi connectivity index (χ1) is 1.41. The zero-order valence-electron chi connectivity index (χ0n) is 1.73. The standard InChI is InChI=1S/CHNO.Co/c2-1-3;/h3H;. The molecule has 0 bridgehead atoms. The van der Waals surface area contributed by atoms with Gasteiger partial charge in [-0.05, 0) is 0 Å². The van der Waals surface area contributed by atoms with Gasteiger partial charge < -0.3 is 5.11 Å². The summed E-state index contributed by atoms with van der Waals surface area (Å²) < 4.78 is 0. The molecule has 1 N–H and O–H groups in total. The van der Waals surface area contributed by atoms with Gasteiger partial charge in [0, 0.05) is 16.8 Å². The molecule has 3 heteroatoms. The van der Waals surface area contributed by atoms with Crippen LogP contribution in [-0.4, -0.2) is 5.11 Å². The van der Waals surface area contributed by atoms with Crippen LogP contribution in [0.5, 0.6) is 0 Å². The van der Waals surface area contributed by atoms with Crippen LogP contribution in [-0.2, 0) is 16.8 Å². The van der Waals surface area contributed by atoms with Crippen LogP contribution < -0.4 is 0 Å². The van der Waals surface area contributed by atoms with Crippen LogP contribution in [0.2, 0.25) is 0 Å². The molecule has 0 aliphatic heterocycles. The molecule has 0 atom stereocenters. The van der Waals surface area contributed by atoms with Gasteiger partial charge in [0.15, 0.2) is 0 Å². The Morgan fingerprint density at radius 2 is 1.75 bits per heavy atom. The van der Waals surface area contributed by atoms with Gasteiger partial charge in [0.25, 0.3) is 6.26 Å². The zero-order chi connectivity index (χ0) is 2.71. The third-order valence-corrected chi connectivity index (χ3v) is 0. The Kier molecular flexibility index (Phi) is 32.7. The van der Waals surface area contributed by atoms with E-state index in [2.05, 4.69) is 0 Å². The molecule has 4 heavy (non-hydrogen) atoms. The van der Waals surface area contributed by atoms with Gasteiger partial charge in [-0.15, -0.1) is 0 Å². The van der Waals surface area contributed by atoms with Crippen LogP contribution in [0.15, 0.2) is 0 Å². The van der Waals surface area contributed by atoms with Crippen molar-refractivity contribution in [1.82, 2.24) is 0 Å². The Morgan fingerprint density at radius 1 is 1.75 bits per heavy atom. The first kappa shape index (κ1) is 9.20. The molecule has 0 aliphatic carbocycles. The first-order valence-electron chi connectivity index (χ1n) is 0.447. The fourth-order valence-electron chi connectivity index (χ4n) is 0. The molecule has 0 aromatic rings. The molecule has 0 aliphatic rings. The predicted molar refractivity (Wildman–Crippen MR) is 7.55 cm³/mol. The fraction of sp³-hybridized carbons (Fsp3) is 0. The van der Waals surface area contributed by atoms with E-state index in [0.29, 0.717) is 0 Å². The van der Waals surface area contributed by atoms with Gasteiger partial charge in [0.1, 0.15) is 0 Å². The molecule has 0 amide bonds. The molecule has 0 fully saturated rings. The van der Waals surface area contributed by atoms with Gasteiger partial charge in [-0.1, -0.05) is 0 Å². The van der Waals surface area contributed by atoms with Crippen LogP contribution in [0.4, 0.5) is 0 Å².